The topological polar surface area (TPSA) is 95.9 Å². The van der Waals surface area contributed by atoms with Gasteiger partial charge in [0.25, 0.3) is 0 Å². The van der Waals surface area contributed by atoms with E-state index < -0.39 is 16.9 Å². The lowest BCUT2D eigenvalue weighted by Crippen LogP contribution is -2.55. The van der Waals surface area contributed by atoms with Crippen molar-refractivity contribution >= 4 is 17.8 Å². The standard InChI is InChI=1S/C17H28N2O5/c1-16(2,3)15(23)19-7-4-5-12(10-19)14(22)18-17(9-13(20)21)6-8-24-11-17/h12H,4-11H2,1-3H3,(H,18,22)(H,20,21). The Balaban J connectivity index is 2.01. The van der Waals surface area contributed by atoms with E-state index in [1.807, 2.05) is 20.8 Å². The van der Waals surface area contributed by atoms with Gasteiger partial charge in [0, 0.05) is 25.1 Å². The summed E-state index contributed by atoms with van der Waals surface area (Å²) in [6.45, 7) is 7.36. The molecule has 2 aliphatic heterocycles. The van der Waals surface area contributed by atoms with E-state index in [1.54, 1.807) is 4.90 Å². The number of nitrogens with zero attached hydrogens (tertiary/aromatic N) is 1. The van der Waals surface area contributed by atoms with Gasteiger partial charge in [-0.3, -0.25) is 14.4 Å². The van der Waals surface area contributed by atoms with Crippen molar-refractivity contribution in [3.05, 3.63) is 0 Å². The summed E-state index contributed by atoms with van der Waals surface area (Å²) >= 11 is 0. The molecule has 2 aliphatic rings. The van der Waals surface area contributed by atoms with Gasteiger partial charge in [0.1, 0.15) is 0 Å². The van der Waals surface area contributed by atoms with Gasteiger partial charge in [-0.05, 0) is 19.3 Å². The highest BCUT2D eigenvalue weighted by Gasteiger charge is 2.41. The van der Waals surface area contributed by atoms with Crippen molar-refractivity contribution in [2.24, 2.45) is 11.3 Å². The molecule has 2 saturated heterocycles. The number of piperidine rings is 1. The minimum Gasteiger partial charge on any atom is -0.481 e. The van der Waals surface area contributed by atoms with Crippen molar-refractivity contribution in [3.63, 3.8) is 0 Å². The number of carbonyl (C=O) groups excluding carboxylic acids is 2. The van der Waals surface area contributed by atoms with Crippen molar-refractivity contribution < 1.29 is 24.2 Å². The van der Waals surface area contributed by atoms with Crippen molar-refractivity contribution in [3.8, 4) is 0 Å². The van der Waals surface area contributed by atoms with Crippen LogP contribution in [-0.2, 0) is 19.1 Å². The number of amides is 2. The van der Waals surface area contributed by atoms with Gasteiger partial charge in [-0.1, -0.05) is 20.8 Å². The smallest absolute Gasteiger partial charge is 0.305 e. The van der Waals surface area contributed by atoms with Gasteiger partial charge in [0.2, 0.25) is 11.8 Å². The van der Waals surface area contributed by atoms with Crippen LogP contribution >= 0.6 is 0 Å². The molecule has 7 nitrogen and oxygen atoms in total. The van der Waals surface area contributed by atoms with Gasteiger partial charge in [-0.2, -0.15) is 0 Å². The number of nitrogens with one attached hydrogen (secondary N) is 1. The molecule has 0 aromatic carbocycles. The zero-order valence-corrected chi connectivity index (χ0v) is 14.8. The summed E-state index contributed by atoms with van der Waals surface area (Å²) in [5, 5.41) is 12.0. The molecule has 2 unspecified atom stereocenters. The Hall–Kier alpha value is -1.63. The van der Waals surface area contributed by atoms with Gasteiger partial charge in [-0.25, -0.2) is 0 Å². The maximum absolute atomic E-state index is 12.7. The number of hydrogen-bond acceptors (Lipinski definition) is 4. The van der Waals surface area contributed by atoms with Crippen molar-refractivity contribution in [1.29, 1.82) is 0 Å². The lowest BCUT2D eigenvalue weighted by molar-refractivity contribution is -0.143. The lowest BCUT2D eigenvalue weighted by atomic mass is 9.89. The minimum atomic E-state index is -0.950. The predicted octanol–water partition coefficient (Wildman–Crippen LogP) is 1.02. The zero-order valence-electron chi connectivity index (χ0n) is 14.8. The average Bonchev–Trinajstić information content (AvgIpc) is 2.92. The monoisotopic (exact) mass is 340 g/mol. The Bertz CT molecular complexity index is 506. The average molecular weight is 340 g/mol. The molecule has 0 radical (unpaired) electrons. The van der Waals surface area contributed by atoms with Crippen LogP contribution in [0.25, 0.3) is 0 Å². The van der Waals surface area contributed by atoms with E-state index >= 15 is 0 Å². The molecule has 0 bridgehead atoms. The van der Waals surface area contributed by atoms with Gasteiger partial charge in [-0.15, -0.1) is 0 Å². The van der Waals surface area contributed by atoms with Crippen LogP contribution in [0.1, 0.15) is 46.5 Å². The summed E-state index contributed by atoms with van der Waals surface area (Å²) in [5.74, 6) is -1.37. The molecule has 2 amide bonds. The Morgan fingerprint density at radius 2 is 2.04 bits per heavy atom. The normalized spacial score (nSPS) is 27.8. The zero-order chi connectivity index (χ0) is 18.0. The molecule has 0 aromatic heterocycles. The van der Waals surface area contributed by atoms with E-state index in [9.17, 15) is 14.4 Å². The van der Waals surface area contributed by atoms with Gasteiger partial charge in [0.05, 0.1) is 24.5 Å². The molecule has 2 rings (SSSR count). The van der Waals surface area contributed by atoms with E-state index in [0.717, 1.165) is 6.42 Å². The Labute approximate surface area is 142 Å². The molecule has 24 heavy (non-hydrogen) atoms. The summed E-state index contributed by atoms with van der Waals surface area (Å²) in [6.07, 6.45) is 1.85. The summed E-state index contributed by atoms with van der Waals surface area (Å²) in [7, 11) is 0. The fourth-order valence-electron chi connectivity index (χ4n) is 3.39. The number of ether oxygens (including phenoxy) is 1. The summed E-state index contributed by atoms with van der Waals surface area (Å²) in [4.78, 5) is 38.0. The highest BCUT2D eigenvalue weighted by Crippen LogP contribution is 2.27. The van der Waals surface area contributed by atoms with Crippen LogP contribution in [0.15, 0.2) is 0 Å². The van der Waals surface area contributed by atoms with E-state index in [1.165, 1.54) is 0 Å². The number of aliphatic carboxylic acids is 1. The Morgan fingerprint density at radius 3 is 2.58 bits per heavy atom. The first-order valence-electron chi connectivity index (χ1n) is 8.54. The van der Waals surface area contributed by atoms with Crippen molar-refractivity contribution in [2.75, 3.05) is 26.3 Å². The second kappa shape index (κ2) is 7.09. The molecule has 0 saturated carbocycles. The first-order valence-corrected chi connectivity index (χ1v) is 8.54. The van der Waals surface area contributed by atoms with Crippen LogP contribution in [0.4, 0.5) is 0 Å². The third kappa shape index (κ3) is 4.47. The highest BCUT2D eigenvalue weighted by atomic mass is 16.5. The maximum Gasteiger partial charge on any atom is 0.305 e. The van der Waals surface area contributed by atoms with Gasteiger partial charge >= 0.3 is 5.97 Å². The van der Waals surface area contributed by atoms with Crippen LogP contribution in [0.2, 0.25) is 0 Å². The van der Waals surface area contributed by atoms with Crippen LogP contribution in [-0.4, -0.2) is 59.6 Å². The van der Waals surface area contributed by atoms with Crippen LogP contribution < -0.4 is 5.32 Å². The largest absolute Gasteiger partial charge is 0.481 e. The maximum atomic E-state index is 12.7. The van der Waals surface area contributed by atoms with E-state index in [2.05, 4.69) is 5.32 Å². The molecule has 7 heteroatoms. The Morgan fingerprint density at radius 1 is 1.33 bits per heavy atom. The number of carbonyl (C=O) groups is 3. The third-order valence-corrected chi connectivity index (χ3v) is 4.70. The lowest BCUT2D eigenvalue weighted by Gasteiger charge is -2.37. The number of rotatable bonds is 4. The summed E-state index contributed by atoms with van der Waals surface area (Å²) in [5.41, 5.74) is -1.29. The van der Waals surface area contributed by atoms with E-state index in [0.29, 0.717) is 32.5 Å². The van der Waals surface area contributed by atoms with Gasteiger partial charge < -0.3 is 20.1 Å². The fourth-order valence-corrected chi connectivity index (χ4v) is 3.39. The number of likely N-dealkylation sites (tertiary alicyclic amines) is 1. The molecule has 0 spiro atoms. The van der Waals surface area contributed by atoms with Crippen LogP contribution in [0.3, 0.4) is 0 Å². The first-order chi connectivity index (χ1) is 11.1. The second-order valence-electron chi connectivity index (χ2n) is 7.98. The Kier molecular flexibility index (Phi) is 5.52. The molecule has 0 aliphatic carbocycles. The van der Waals surface area contributed by atoms with Gasteiger partial charge in [0.15, 0.2) is 0 Å². The van der Waals surface area contributed by atoms with Crippen LogP contribution in [0.5, 0.6) is 0 Å². The first kappa shape index (κ1) is 18.7. The molecule has 2 fully saturated rings. The quantitative estimate of drug-likeness (QED) is 0.796. The number of carboxylic acid groups (broad SMARTS) is 1. The third-order valence-electron chi connectivity index (χ3n) is 4.70. The second-order valence-corrected chi connectivity index (χ2v) is 7.98. The molecule has 2 heterocycles. The minimum absolute atomic E-state index is 0.0458. The molecule has 136 valence electrons. The molecule has 2 N–H and O–H groups in total. The van der Waals surface area contributed by atoms with E-state index in [-0.39, 0.29) is 30.8 Å². The SMILES string of the molecule is CC(C)(C)C(=O)N1CCCC(C(=O)NC2(CC(=O)O)CCOC2)C1. The van der Waals surface area contributed by atoms with Crippen molar-refractivity contribution in [1.82, 2.24) is 10.2 Å². The van der Waals surface area contributed by atoms with Crippen molar-refractivity contribution in [2.45, 2.75) is 52.0 Å². The summed E-state index contributed by atoms with van der Waals surface area (Å²) in [6, 6.07) is 0. The van der Waals surface area contributed by atoms with E-state index in [4.69, 9.17) is 9.84 Å². The molecule has 0 aromatic rings. The van der Waals surface area contributed by atoms with Crippen LogP contribution in [0, 0.1) is 11.3 Å². The number of carboxylic acids is 1. The number of hydrogen-bond donors (Lipinski definition) is 2. The molecule has 2 atom stereocenters. The molecular weight excluding hydrogens is 312 g/mol. The highest BCUT2D eigenvalue weighted by molar-refractivity contribution is 5.84. The fraction of sp³-hybridized carbons (Fsp3) is 0.824. The molecular formula is C17H28N2O5. The summed E-state index contributed by atoms with van der Waals surface area (Å²) < 4.78 is 5.31. The predicted molar refractivity (Wildman–Crippen MR) is 87.3 cm³/mol.